The maximum absolute atomic E-state index is 13.4. The third-order valence-electron chi connectivity index (χ3n) is 7.24. The van der Waals surface area contributed by atoms with Crippen molar-refractivity contribution in [2.75, 3.05) is 23.8 Å². The SMILES string of the molecule is CCOC(=O)c1c(NC(=O)C(CC)Sc2cccc(NC(=O)C3CCCCC3)c2)sc2c1CCN(C(C)=O)C2. The molecule has 1 aromatic heterocycles. The number of nitrogens with one attached hydrogen (secondary N) is 2. The van der Waals surface area contributed by atoms with Gasteiger partial charge in [0, 0.05) is 34.8 Å². The fourth-order valence-corrected chi connectivity index (χ4v) is 7.38. The quantitative estimate of drug-likeness (QED) is 0.289. The minimum absolute atomic E-state index is 0.0167. The number of anilines is 2. The molecule has 2 heterocycles. The van der Waals surface area contributed by atoms with Gasteiger partial charge in [0.25, 0.3) is 0 Å². The first kappa shape index (κ1) is 29.1. The number of thiophene rings is 1. The van der Waals surface area contributed by atoms with Gasteiger partial charge < -0.3 is 20.3 Å². The van der Waals surface area contributed by atoms with Crippen LogP contribution in [0.4, 0.5) is 10.7 Å². The first-order chi connectivity index (χ1) is 18.8. The Morgan fingerprint density at radius 3 is 2.59 bits per heavy atom. The Morgan fingerprint density at radius 2 is 1.90 bits per heavy atom. The number of hydrogen-bond donors (Lipinski definition) is 2. The van der Waals surface area contributed by atoms with E-state index in [2.05, 4.69) is 10.6 Å². The number of hydrogen-bond acceptors (Lipinski definition) is 7. The van der Waals surface area contributed by atoms with Crippen molar-refractivity contribution in [2.45, 2.75) is 82.4 Å². The molecule has 0 bridgehead atoms. The molecular weight excluding hydrogens is 534 g/mol. The molecule has 1 aliphatic carbocycles. The van der Waals surface area contributed by atoms with Gasteiger partial charge in [0.05, 0.1) is 24.0 Å². The van der Waals surface area contributed by atoms with Crippen LogP contribution in [0.1, 0.15) is 80.1 Å². The van der Waals surface area contributed by atoms with Crippen molar-refractivity contribution >= 4 is 57.5 Å². The molecule has 1 aliphatic heterocycles. The van der Waals surface area contributed by atoms with E-state index in [1.54, 1.807) is 11.8 Å². The summed E-state index contributed by atoms with van der Waals surface area (Å²) >= 11 is 2.77. The highest BCUT2D eigenvalue weighted by Gasteiger charge is 2.31. The standard InChI is InChI=1S/C29H37N3O5S2/c1-4-23(38-21-13-9-12-20(16-21)30-26(34)19-10-7-6-8-11-19)27(35)31-28-25(29(36)37-5-2)22-14-15-32(18(3)33)17-24(22)39-28/h9,12-13,16,19,23H,4-8,10-11,14-15,17H2,1-3H3,(H,30,34)(H,31,35). The monoisotopic (exact) mass is 571 g/mol. The zero-order valence-electron chi connectivity index (χ0n) is 22.8. The smallest absolute Gasteiger partial charge is 0.341 e. The number of amides is 3. The number of carbonyl (C=O) groups is 4. The lowest BCUT2D eigenvalue weighted by molar-refractivity contribution is -0.129. The molecule has 1 saturated carbocycles. The van der Waals surface area contributed by atoms with Gasteiger partial charge in [-0.2, -0.15) is 0 Å². The van der Waals surface area contributed by atoms with Crippen LogP contribution < -0.4 is 10.6 Å². The minimum atomic E-state index is -0.455. The summed E-state index contributed by atoms with van der Waals surface area (Å²) in [6, 6.07) is 7.60. The summed E-state index contributed by atoms with van der Waals surface area (Å²) in [5, 5.41) is 6.12. The molecule has 0 saturated heterocycles. The molecule has 1 unspecified atom stereocenters. The van der Waals surface area contributed by atoms with Crippen LogP contribution >= 0.6 is 23.1 Å². The Hall–Kier alpha value is -2.85. The Kier molecular flexibility index (Phi) is 10.1. The van der Waals surface area contributed by atoms with Gasteiger partial charge in [-0.1, -0.05) is 32.3 Å². The van der Waals surface area contributed by atoms with Crippen LogP contribution in [0.3, 0.4) is 0 Å². The molecule has 10 heteroatoms. The first-order valence-electron chi connectivity index (χ1n) is 13.8. The van der Waals surface area contributed by atoms with E-state index in [0.29, 0.717) is 36.5 Å². The van der Waals surface area contributed by atoms with Gasteiger partial charge >= 0.3 is 5.97 Å². The van der Waals surface area contributed by atoms with Gasteiger partial charge in [-0.05, 0) is 56.4 Å². The molecule has 4 rings (SSSR count). The maximum Gasteiger partial charge on any atom is 0.341 e. The zero-order valence-corrected chi connectivity index (χ0v) is 24.5. The van der Waals surface area contributed by atoms with Gasteiger partial charge in [0.2, 0.25) is 17.7 Å². The highest BCUT2D eigenvalue weighted by Crippen LogP contribution is 2.39. The summed E-state index contributed by atoms with van der Waals surface area (Å²) in [6.45, 7) is 6.41. The van der Waals surface area contributed by atoms with E-state index in [1.165, 1.54) is 36.4 Å². The molecule has 2 N–H and O–H groups in total. The van der Waals surface area contributed by atoms with E-state index in [1.807, 2.05) is 31.2 Å². The lowest BCUT2D eigenvalue weighted by Gasteiger charge is -2.25. The molecule has 2 aromatic rings. The van der Waals surface area contributed by atoms with Gasteiger partial charge in [-0.3, -0.25) is 14.4 Å². The highest BCUT2D eigenvalue weighted by molar-refractivity contribution is 8.00. The molecular formula is C29H37N3O5S2. The zero-order chi connectivity index (χ0) is 27.9. The fourth-order valence-electron chi connectivity index (χ4n) is 5.11. The molecule has 39 heavy (non-hydrogen) atoms. The largest absolute Gasteiger partial charge is 0.462 e. The molecule has 0 radical (unpaired) electrons. The second-order valence-electron chi connectivity index (χ2n) is 9.97. The van der Waals surface area contributed by atoms with Crippen LogP contribution in [0.25, 0.3) is 0 Å². The van der Waals surface area contributed by atoms with Gasteiger partial charge in [-0.25, -0.2) is 4.79 Å². The topological polar surface area (TPSA) is 105 Å². The predicted molar refractivity (Wildman–Crippen MR) is 155 cm³/mol. The lowest BCUT2D eigenvalue weighted by Crippen LogP contribution is -2.34. The average Bonchev–Trinajstić information content (AvgIpc) is 3.29. The Morgan fingerprint density at radius 1 is 1.13 bits per heavy atom. The Balaban J connectivity index is 1.47. The van der Waals surface area contributed by atoms with Gasteiger partial charge in [-0.15, -0.1) is 23.1 Å². The van der Waals surface area contributed by atoms with Crippen molar-refractivity contribution in [1.29, 1.82) is 0 Å². The van der Waals surface area contributed by atoms with Crippen LogP contribution in [-0.2, 0) is 32.1 Å². The lowest BCUT2D eigenvalue weighted by atomic mass is 9.88. The summed E-state index contributed by atoms with van der Waals surface area (Å²) in [4.78, 5) is 54.4. The summed E-state index contributed by atoms with van der Waals surface area (Å²) in [5.41, 5.74) is 1.99. The van der Waals surface area contributed by atoms with Crippen LogP contribution in [0.5, 0.6) is 0 Å². The van der Waals surface area contributed by atoms with E-state index in [9.17, 15) is 19.2 Å². The van der Waals surface area contributed by atoms with E-state index in [4.69, 9.17) is 4.74 Å². The molecule has 0 spiro atoms. The Bertz CT molecular complexity index is 1220. The molecule has 210 valence electrons. The number of esters is 1. The summed E-state index contributed by atoms with van der Waals surface area (Å²) in [5.74, 6) is -0.539. The maximum atomic E-state index is 13.4. The van der Waals surface area contributed by atoms with Crippen LogP contribution in [0, 0.1) is 5.92 Å². The average molecular weight is 572 g/mol. The number of rotatable bonds is 9. The van der Waals surface area contributed by atoms with Gasteiger partial charge in [0.15, 0.2) is 0 Å². The number of nitrogens with zero attached hydrogens (tertiary/aromatic N) is 1. The number of carbonyl (C=O) groups excluding carboxylic acids is 4. The molecule has 2 aliphatic rings. The number of ether oxygens (including phenoxy) is 1. The predicted octanol–water partition coefficient (Wildman–Crippen LogP) is 5.86. The Labute approximate surface area is 238 Å². The van der Waals surface area contributed by atoms with Crippen molar-refractivity contribution < 1.29 is 23.9 Å². The van der Waals surface area contributed by atoms with E-state index < -0.39 is 11.2 Å². The van der Waals surface area contributed by atoms with Crippen LogP contribution in [0.2, 0.25) is 0 Å². The normalized spacial score (nSPS) is 16.2. The number of thioether (sulfide) groups is 1. The molecule has 3 amide bonds. The molecule has 8 nitrogen and oxygen atoms in total. The van der Waals surface area contributed by atoms with Gasteiger partial charge in [0.1, 0.15) is 5.00 Å². The van der Waals surface area contributed by atoms with Crippen LogP contribution in [0.15, 0.2) is 29.2 Å². The summed E-state index contributed by atoms with van der Waals surface area (Å²) in [7, 11) is 0. The molecule has 1 aromatic carbocycles. The number of fused-ring (bicyclic) bond motifs is 1. The van der Waals surface area contributed by atoms with E-state index in [0.717, 1.165) is 46.7 Å². The van der Waals surface area contributed by atoms with Crippen LogP contribution in [-0.4, -0.2) is 47.0 Å². The van der Waals surface area contributed by atoms with Crippen molar-refractivity contribution in [2.24, 2.45) is 5.92 Å². The third kappa shape index (κ3) is 7.22. The van der Waals surface area contributed by atoms with Crippen molar-refractivity contribution in [3.8, 4) is 0 Å². The van der Waals surface area contributed by atoms with Crippen molar-refractivity contribution in [1.82, 2.24) is 4.90 Å². The number of benzene rings is 1. The molecule has 1 fully saturated rings. The van der Waals surface area contributed by atoms with E-state index >= 15 is 0 Å². The minimum Gasteiger partial charge on any atom is -0.462 e. The summed E-state index contributed by atoms with van der Waals surface area (Å²) < 4.78 is 5.32. The van der Waals surface area contributed by atoms with Crippen molar-refractivity contribution in [3.63, 3.8) is 0 Å². The fraction of sp³-hybridized carbons (Fsp3) is 0.517. The highest BCUT2D eigenvalue weighted by atomic mass is 32.2. The van der Waals surface area contributed by atoms with E-state index in [-0.39, 0.29) is 30.2 Å². The first-order valence-corrected chi connectivity index (χ1v) is 15.5. The molecule has 1 atom stereocenters. The third-order valence-corrected chi connectivity index (χ3v) is 9.73. The summed E-state index contributed by atoms with van der Waals surface area (Å²) in [6.07, 6.45) is 6.38. The van der Waals surface area contributed by atoms with Crippen molar-refractivity contribution in [3.05, 3.63) is 40.3 Å². The second-order valence-corrected chi connectivity index (χ2v) is 12.4. The second kappa shape index (κ2) is 13.5.